The van der Waals surface area contributed by atoms with Crippen molar-refractivity contribution in [1.82, 2.24) is 4.90 Å². The maximum Gasteiger partial charge on any atom is 0.106 e. The van der Waals surface area contributed by atoms with Crippen molar-refractivity contribution in [2.24, 2.45) is 0 Å². The molecule has 22 heavy (non-hydrogen) atoms. The number of nitrogens with zero attached hydrogens (tertiary/aromatic N) is 1. The van der Waals surface area contributed by atoms with Gasteiger partial charge >= 0.3 is 0 Å². The molecule has 0 fully saturated rings. The fourth-order valence-electron chi connectivity index (χ4n) is 2.66. The molecule has 1 atom stereocenters. The molecule has 0 radical (unpaired) electrons. The first kappa shape index (κ1) is 21.7. The van der Waals surface area contributed by atoms with Crippen molar-refractivity contribution < 1.29 is 5.11 Å². The van der Waals surface area contributed by atoms with E-state index in [9.17, 15) is 5.11 Å². The molecular weight excluding hydrogens is 270 g/mol. The topological polar surface area (TPSA) is 23.5 Å². The lowest BCUT2D eigenvalue weighted by Crippen LogP contribution is -2.27. The standard InChI is InChI=1S/C20H41NO/c1-4-5-6-7-8-9-10-11-12-13-14-15-16-17-18-19-20(22)21(2)3/h11-12,20,22H,4-10,13-19H2,1-3H3/b12-11-. The van der Waals surface area contributed by atoms with Crippen molar-refractivity contribution in [3.05, 3.63) is 12.2 Å². The van der Waals surface area contributed by atoms with Gasteiger partial charge in [-0.15, -0.1) is 0 Å². The molecule has 0 saturated heterocycles. The minimum atomic E-state index is -0.259. The summed E-state index contributed by atoms with van der Waals surface area (Å²) in [6.07, 6.45) is 22.7. The summed E-state index contributed by atoms with van der Waals surface area (Å²) in [7, 11) is 3.87. The zero-order valence-corrected chi connectivity index (χ0v) is 15.5. The SMILES string of the molecule is CCCCCCCC/C=C\CCCCCCCC(O)N(C)C. The third-order valence-electron chi connectivity index (χ3n) is 4.32. The second-order valence-electron chi connectivity index (χ2n) is 6.82. The zero-order valence-electron chi connectivity index (χ0n) is 15.5. The van der Waals surface area contributed by atoms with Crippen LogP contribution in [0.1, 0.15) is 96.8 Å². The Morgan fingerprint density at radius 2 is 1.18 bits per heavy atom. The number of allylic oxidation sites excluding steroid dienone is 2. The maximum atomic E-state index is 9.65. The van der Waals surface area contributed by atoms with Gasteiger partial charge in [-0.25, -0.2) is 0 Å². The summed E-state index contributed by atoms with van der Waals surface area (Å²) >= 11 is 0. The van der Waals surface area contributed by atoms with Crippen LogP contribution in [0, 0.1) is 0 Å². The summed E-state index contributed by atoms with van der Waals surface area (Å²) in [5.41, 5.74) is 0. The minimum absolute atomic E-state index is 0.259. The maximum absolute atomic E-state index is 9.65. The van der Waals surface area contributed by atoms with Crippen molar-refractivity contribution in [2.75, 3.05) is 14.1 Å². The highest BCUT2D eigenvalue weighted by molar-refractivity contribution is 4.81. The van der Waals surface area contributed by atoms with E-state index < -0.39 is 0 Å². The molecule has 1 unspecified atom stereocenters. The van der Waals surface area contributed by atoms with Gasteiger partial charge in [0, 0.05) is 0 Å². The highest BCUT2D eigenvalue weighted by Crippen LogP contribution is 2.11. The summed E-state index contributed by atoms with van der Waals surface area (Å²) in [5.74, 6) is 0. The van der Waals surface area contributed by atoms with Gasteiger partial charge in [0.25, 0.3) is 0 Å². The Kier molecular flexibility index (Phi) is 16.8. The Morgan fingerprint density at radius 1 is 0.727 bits per heavy atom. The second kappa shape index (κ2) is 17.0. The average molecular weight is 312 g/mol. The Morgan fingerprint density at radius 3 is 1.68 bits per heavy atom. The van der Waals surface area contributed by atoms with Crippen molar-refractivity contribution >= 4 is 0 Å². The quantitative estimate of drug-likeness (QED) is 0.218. The van der Waals surface area contributed by atoms with E-state index in [0.29, 0.717) is 0 Å². The lowest BCUT2D eigenvalue weighted by molar-refractivity contribution is 0.0313. The molecule has 132 valence electrons. The smallest absolute Gasteiger partial charge is 0.106 e. The third kappa shape index (κ3) is 16.0. The van der Waals surface area contributed by atoms with Crippen LogP contribution in [0.2, 0.25) is 0 Å². The highest BCUT2D eigenvalue weighted by Gasteiger charge is 2.04. The molecule has 0 aliphatic rings. The van der Waals surface area contributed by atoms with Crippen molar-refractivity contribution in [3.63, 3.8) is 0 Å². The number of unbranched alkanes of at least 4 members (excludes halogenated alkanes) is 11. The molecule has 0 bridgehead atoms. The first-order valence-corrected chi connectivity index (χ1v) is 9.68. The number of aliphatic hydroxyl groups excluding tert-OH is 1. The third-order valence-corrected chi connectivity index (χ3v) is 4.32. The number of rotatable bonds is 16. The number of aliphatic hydroxyl groups is 1. The van der Waals surface area contributed by atoms with Crippen molar-refractivity contribution in [3.8, 4) is 0 Å². The van der Waals surface area contributed by atoms with Gasteiger partial charge in [0.05, 0.1) is 0 Å². The molecule has 0 aliphatic heterocycles. The van der Waals surface area contributed by atoms with Crippen LogP contribution in [0.3, 0.4) is 0 Å². The summed E-state index contributed by atoms with van der Waals surface area (Å²) in [6, 6.07) is 0. The van der Waals surface area contributed by atoms with Crippen LogP contribution in [-0.2, 0) is 0 Å². The number of hydrogen-bond donors (Lipinski definition) is 1. The van der Waals surface area contributed by atoms with Gasteiger partial charge in [-0.1, -0.05) is 70.4 Å². The molecule has 1 N–H and O–H groups in total. The van der Waals surface area contributed by atoms with Gasteiger partial charge in [-0.2, -0.15) is 0 Å². The highest BCUT2D eigenvalue weighted by atomic mass is 16.3. The van der Waals surface area contributed by atoms with Crippen molar-refractivity contribution in [1.29, 1.82) is 0 Å². The Hall–Kier alpha value is -0.340. The predicted molar refractivity (Wildman–Crippen MR) is 99.1 cm³/mol. The van der Waals surface area contributed by atoms with Crippen LogP contribution in [-0.4, -0.2) is 30.3 Å². The summed E-state index contributed by atoms with van der Waals surface area (Å²) in [5, 5.41) is 9.65. The van der Waals surface area contributed by atoms with Gasteiger partial charge in [0.2, 0.25) is 0 Å². The monoisotopic (exact) mass is 311 g/mol. The molecule has 0 aromatic rings. The van der Waals surface area contributed by atoms with Crippen LogP contribution in [0.5, 0.6) is 0 Å². The van der Waals surface area contributed by atoms with E-state index in [2.05, 4.69) is 19.1 Å². The summed E-state index contributed by atoms with van der Waals surface area (Å²) in [4.78, 5) is 1.88. The summed E-state index contributed by atoms with van der Waals surface area (Å²) < 4.78 is 0. The van der Waals surface area contributed by atoms with Gasteiger partial charge < -0.3 is 5.11 Å². The first-order chi connectivity index (χ1) is 10.7. The molecule has 0 heterocycles. The van der Waals surface area contributed by atoms with E-state index in [1.165, 1.54) is 77.0 Å². The van der Waals surface area contributed by atoms with Crippen LogP contribution >= 0.6 is 0 Å². The fourth-order valence-corrected chi connectivity index (χ4v) is 2.66. The molecule has 2 nitrogen and oxygen atoms in total. The molecule has 2 heteroatoms. The molecule has 0 spiro atoms. The van der Waals surface area contributed by atoms with E-state index in [1.807, 2.05) is 19.0 Å². The van der Waals surface area contributed by atoms with Gasteiger partial charge in [0.1, 0.15) is 6.23 Å². The van der Waals surface area contributed by atoms with Crippen LogP contribution in [0.4, 0.5) is 0 Å². The average Bonchev–Trinajstić information content (AvgIpc) is 2.50. The van der Waals surface area contributed by atoms with Gasteiger partial charge in [0.15, 0.2) is 0 Å². The molecule has 0 aromatic heterocycles. The molecule has 0 saturated carbocycles. The van der Waals surface area contributed by atoms with Gasteiger partial charge in [-0.3, -0.25) is 4.90 Å². The van der Waals surface area contributed by atoms with E-state index in [-0.39, 0.29) is 6.23 Å². The Labute approximate surface area is 140 Å². The molecule has 0 rings (SSSR count). The predicted octanol–water partition coefficient (Wildman–Crippen LogP) is 5.90. The van der Waals surface area contributed by atoms with Gasteiger partial charge in [-0.05, 0) is 52.6 Å². The van der Waals surface area contributed by atoms with Crippen LogP contribution in [0.25, 0.3) is 0 Å². The largest absolute Gasteiger partial charge is 0.378 e. The molecule has 0 amide bonds. The lowest BCUT2D eigenvalue weighted by Gasteiger charge is -2.17. The second-order valence-corrected chi connectivity index (χ2v) is 6.82. The lowest BCUT2D eigenvalue weighted by atomic mass is 10.1. The molecular formula is C20H41NO. The van der Waals surface area contributed by atoms with Crippen LogP contribution in [0.15, 0.2) is 12.2 Å². The van der Waals surface area contributed by atoms with Crippen molar-refractivity contribution in [2.45, 2.75) is 103 Å². The Balaban J connectivity index is 3.14. The van der Waals surface area contributed by atoms with E-state index >= 15 is 0 Å². The van der Waals surface area contributed by atoms with Crippen LogP contribution < -0.4 is 0 Å². The zero-order chi connectivity index (χ0) is 16.5. The molecule has 0 aliphatic carbocycles. The minimum Gasteiger partial charge on any atom is -0.378 e. The van der Waals surface area contributed by atoms with E-state index in [1.54, 1.807) is 0 Å². The normalized spacial score (nSPS) is 13.3. The number of hydrogen-bond acceptors (Lipinski definition) is 2. The van der Waals surface area contributed by atoms with E-state index in [0.717, 1.165) is 12.8 Å². The first-order valence-electron chi connectivity index (χ1n) is 9.68. The molecule has 0 aromatic carbocycles. The Bertz CT molecular complexity index is 238. The van der Waals surface area contributed by atoms with E-state index in [4.69, 9.17) is 0 Å². The fraction of sp³-hybridized carbons (Fsp3) is 0.900. The summed E-state index contributed by atoms with van der Waals surface area (Å²) in [6.45, 7) is 2.27.